The Morgan fingerprint density at radius 2 is 1.94 bits per heavy atom. The predicted octanol–water partition coefficient (Wildman–Crippen LogP) is 3.10. The van der Waals surface area contributed by atoms with Gasteiger partial charge in [0.05, 0.1) is 40.8 Å². The third kappa shape index (κ3) is 5.41. The molecule has 3 rings (SSSR count). The monoisotopic (exact) mass is 443 g/mol. The lowest BCUT2D eigenvalue weighted by Crippen LogP contribution is -2.20. The quantitative estimate of drug-likeness (QED) is 0.229. The van der Waals surface area contributed by atoms with Gasteiger partial charge in [0.2, 0.25) is 0 Å². The molecule has 0 fully saturated rings. The number of aromatic nitrogens is 1. The number of nitro groups is 1. The molecule has 10 heteroatoms. The summed E-state index contributed by atoms with van der Waals surface area (Å²) in [6.45, 7) is 3.42. The number of methoxy groups -OCH3 is 1. The van der Waals surface area contributed by atoms with E-state index in [1.807, 2.05) is 11.5 Å². The first-order valence-corrected chi connectivity index (χ1v) is 10.3. The zero-order valence-corrected chi connectivity index (χ0v) is 17.9. The average Bonchev–Trinajstić information content (AvgIpc) is 3.09. The van der Waals surface area contributed by atoms with Gasteiger partial charge >= 0.3 is 5.97 Å². The van der Waals surface area contributed by atoms with E-state index in [4.69, 9.17) is 9.47 Å². The van der Waals surface area contributed by atoms with Crippen molar-refractivity contribution >= 4 is 39.1 Å². The first-order chi connectivity index (χ1) is 14.9. The van der Waals surface area contributed by atoms with Gasteiger partial charge in [0.15, 0.2) is 4.80 Å². The maximum Gasteiger partial charge on any atom is 0.337 e. The summed E-state index contributed by atoms with van der Waals surface area (Å²) in [6.07, 6.45) is 0.0190. The minimum Gasteiger partial charge on any atom is -0.465 e. The van der Waals surface area contributed by atoms with Crippen LogP contribution in [0.3, 0.4) is 0 Å². The lowest BCUT2D eigenvalue weighted by Gasteiger charge is -2.06. The lowest BCUT2D eigenvalue weighted by atomic mass is 10.1. The van der Waals surface area contributed by atoms with Crippen LogP contribution in [0.4, 0.5) is 5.69 Å². The molecule has 162 valence electrons. The van der Waals surface area contributed by atoms with E-state index < -0.39 is 10.9 Å². The summed E-state index contributed by atoms with van der Waals surface area (Å²) in [5.74, 6) is -0.817. The van der Waals surface area contributed by atoms with Crippen LogP contribution in [0, 0.1) is 10.1 Å². The molecule has 0 unspecified atom stereocenters. The summed E-state index contributed by atoms with van der Waals surface area (Å²) in [6, 6.07) is 11.0. The summed E-state index contributed by atoms with van der Waals surface area (Å²) in [4.78, 5) is 39.4. The second-order valence-electron chi connectivity index (χ2n) is 6.51. The first-order valence-electron chi connectivity index (χ1n) is 9.53. The highest BCUT2D eigenvalue weighted by molar-refractivity contribution is 7.16. The van der Waals surface area contributed by atoms with Gasteiger partial charge in [0.1, 0.15) is 0 Å². The molecule has 0 bridgehead atoms. The van der Waals surface area contributed by atoms with E-state index in [1.165, 1.54) is 30.6 Å². The zero-order valence-electron chi connectivity index (χ0n) is 17.1. The number of benzene rings is 2. The highest BCUT2D eigenvalue weighted by Crippen LogP contribution is 2.20. The van der Waals surface area contributed by atoms with Gasteiger partial charge in [-0.1, -0.05) is 23.5 Å². The van der Waals surface area contributed by atoms with Crippen LogP contribution < -0.4 is 4.80 Å². The highest BCUT2D eigenvalue weighted by atomic mass is 32.1. The minimum atomic E-state index is -0.489. The molecule has 0 saturated heterocycles. The summed E-state index contributed by atoms with van der Waals surface area (Å²) in [7, 11) is 1.32. The molecule has 0 N–H and O–H groups in total. The fourth-order valence-electron chi connectivity index (χ4n) is 2.98. The average molecular weight is 443 g/mol. The molecule has 1 amide bonds. The van der Waals surface area contributed by atoms with E-state index in [2.05, 4.69) is 4.99 Å². The standard InChI is InChI=1S/C21H21N3O6S/c1-3-30-11-10-23-17-9-6-15(20(26)29-2)13-18(17)31-21(23)22-19(25)12-14-4-7-16(8-5-14)24(27)28/h4-9,13H,3,10-12H2,1-2H3. The second kappa shape index (κ2) is 10.1. The van der Waals surface area contributed by atoms with Gasteiger partial charge in [-0.05, 0) is 30.7 Å². The van der Waals surface area contributed by atoms with Crippen LogP contribution in [0.2, 0.25) is 0 Å². The van der Waals surface area contributed by atoms with Crippen LogP contribution in [0.25, 0.3) is 10.2 Å². The number of nitrogens with zero attached hydrogens (tertiary/aromatic N) is 3. The molecule has 0 aliphatic heterocycles. The SMILES string of the molecule is CCOCCn1c(=NC(=O)Cc2ccc([N+](=O)[O-])cc2)sc2cc(C(=O)OC)ccc21. The number of rotatable bonds is 8. The van der Waals surface area contributed by atoms with E-state index >= 15 is 0 Å². The Labute approximate surface area is 181 Å². The number of fused-ring (bicyclic) bond motifs is 1. The number of hydrogen-bond donors (Lipinski definition) is 0. The third-order valence-electron chi connectivity index (χ3n) is 4.49. The molecule has 0 spiro atoms. The van der Waals surface area contributed by atoms with Crippen LogP contribution >= 0.6 is 11.3 Å². The molecule has 9 nitrogen and oxygen atoms in total. The molecule has 0 saturated carbocycles. The number of non-ortho nitro benzene ring substituents is 1. The van der Waals surface area contributed by atoms with Crippen LogP contribution in [0.5, 0.6) is 0 Å². The maximum absolute atomic E-state index is 12.6. The van der Waals surface area contributed by atoms with E-state index in [0.717, 1.165) is 10.2 Å². The summed E-state index contributed by atoms with van der Waals surface area (Å²) >= 11 is 1.29. The van der Waals surface area contributed by atoms with Gasteiger partial charge in [0, 0.05) is 25.3 Å². The predicted molar refractivity (Wildman–Crippen MR) is 115 cm³/mol. The van der Waals surface area contributed by atoms with Crippen molar-refractivity contribution in [3.8, 4) is 0 Å². The Balaban J connectivity index is 1.94. The molecule has 0 radical (unpaired) electrons. The number of hydrogen-bond acceptors (Lipinski definition) is 7. The second-order valence-corrected chi connectivity index (χ2v) is 7.52. The molecule has 1 aromatic heterocycles. The topological polar surface area (TPSA) is 113 Å². The van der Waals surface area contributed by atoms with E-state index in [1.54, 1.807) is 30.3 Å². The largest absolute Gasteiger partial charge is 0.465 e. The maximum atomic E-state index is 12.6. The van der Waals surface area contributed by atoms with Crippen molar-refractivity contribution in [2.24, 2.45) is 4.99 Å². The number of carbonyl (C=O) groups excluding carboxylic acids is 2. The van der Waals surface area contributed by atoms with Crippen LogP contribution in [0.1, 0.15) is 22.8 Å². The van der Waals surface area contributed by atoms with Gasteiger partial charge in [-0.15, -0.1) is 0 Å². The number of amides is 1. The van der Waals surface area contributed by atoms with Crippen molar-refractivity contribution in [2.45, 2.75) is 19.9 Å². The van der Waals surface area contributed by atoms with Crippen LogP contribution in [-0.4, -0.2) is 41.7 Å². The molecule has 3 aromatic rings. The smallest absolute Gasteiger partial charge is 0.337 e. The van der Waals surface area contributed by atoms with Crippen molar-refractivity contribution in [2.75, 3.05) is 20.3 Å². The molecular weight excluding hydrogens is 422 g/mol. The Hall–Kier alpha value is -3.37. The van der Waals surface area contributed by atoms with Gasteiger partial charge in [-0.3, -0.25) is 14.9 Å². The fourth-order valence-corrected chi connectivity index (χ4v) is 4.09. The first kappa shape index (κ1) is 22.3. The minimum absolute atomic E-state index is 0.0190. The van der Waals surface area contributed by atoms with Gasteiger partial charge < -0.3 is 14.0 Å². The number of ether oxygens (including phenoxy) is 2. The van der Waals surface area contributed by atoms with Gasteiger partial charge in [-0.25, -0.2) is 4.79 Å². The number of nitro benzene ring substituents is 1. The molecule has 0 aliphatic rings. The normalized spacial score (nSPS) is 11.6. The number of esters is 1. The Kier molecular flexibility index (Phi) is 7.27. The van der Waals surface area contributed by atoms with Gasteiger partial charge in [-0.2, -0.15) is 4.99 Å². The molecule has 0 atom stereocenters. The Bertz CT molecular complexity index is 1180. The van der Waals surface area contributed by atoms with E-state index in [-0.39, 0.29) is 18.0 Å². The number of carbonyl (C=O) groups is 2. The van der Waals surface area contributed by atoms with Crippen molar-refractivity contribution in [3.05, 3.63) is 68.5 Å². The Morgan fingerprint density at radius 1 is 1.19 bits per heavy atom. The highest BCUT2D eigenvalue weighted by Gasteiger charge is 2.13. The summed E-state index contributed by atoms with van der Waals surface area (Å²) < 4.78 is 12.9. The molecule has 0 aliphatic carbocycles. The zero-order chi connectivity index (χ0) is 22.4. The molecule has 1 heterocycles. The van der Waals surface area contributed by atoms with Gasteiger partial charge in [0.25, 0.3) is 11.6 Å². The van der Waals surface area contributed by atoms with E-state index in [0.29, 0.717) is 35.7 Å². The van der Waals surface area contributed by atoms with Crippen molar-refractivity contribution < 1.29 is 24.0 Å². The fraction of sp³-hybridized carbons (Fsp3) is 0.286. The lowest BCUT2D eigenvalue weighted by molar-refractivity contribution is -0.384. The van der Waals surface area contributed by atoms with Crippen LogP contribution in [0.15, 0.2) is 47.5 Å². The van der Waals surface area contributed by atoms with Crippen LogP contribution in [-0.2, 0) is 27.2 Å². The summed E-state index contributed by atoms with van der Waals surface area (Å²) in [5.41, 5.74) is 1.85. The molecule has 2 aromatic carbocycles. The van der Waals surface area contributed by atoms with Crippen molar-refractivity contribution in [1.29, 1.82) is 0 Å². The number of thiazole rings is 1. The van der Waals surface area contributed by atoms with E-state index in [9.17, 15) is 19.7 Å². The third-order valence-corrected chi connectivity index (χ3v) is 5.53. The van der Waals surface area contributed by atoms with Crippen molar-refractivity contribution in [1.82, 2.24) is 4.57 Å². The molecular formula is C21H21N3O6S. The molecule has 31 heavy (non-hydrogen) atoms. The Morgan fingerprint density at radius 3 is 2.58 bits per heavy atom. The summed E-state index contributed by atoms with van der Waals surface area (Å²) in [5, 5.41) is 10.8. The van der Waals surface area contributed by atoms with Crippen molar-refractivity contribution in [3.63, 3.8) is 0 Å².